The van der Waals surface area contributed by atoms with Crippen molar-refractivity contribution >= 4 is 11.9 Å². The molecular formula is C18H35N3O2. The van der Waals surface area contributed by atoms with E-state index in [2.05, 4.69) is 36.0 Å². The van der Waals surface area contributed by atoms with E-state index in [1.807, 2.05) is 14.0 Å². The summed E-state index contributed by atoms with van der Waals surface area (Å²) in [4.78, 5) is 18.4. The number of carbonyl (C=O) groups is 1. The van der Waals surface area contributed by atoms with Crippen LogP contribution >= 0.6 is 0 Å². The van der Waals surface area contributed by atoms with Gasteiger partial charge in [-0.3, -0.25) is 9.79 Å². The van der Waals surface area contributed by atoms with Gasteiger partial charge in [0.2, 0.25) is 0 Å². The van der Waals surface area contributed by atoms with Crippen LogP contribution in [0, 0.1) is 11.3 Å². The molecule has 0 bridgehead atoms. The molecule has 1 saturated heterocycles. The number of nitrogens with one attached hydrogen (secondary N) is 1. The molecule has 0 spiro atoms. The molecule has 0 aromatic rings. The Bertz CT molecular complexity index is 380. The first-order valence-corrected chi connectivity index (χ1v) is 8.99. The summed E-state index contributed by atoms with van der Waals surface area (Å²) in [7, 11) is 1.83. The van der Waals surface area contributed by atoms with Gasteiger partial charge < -0.3 is 15.0 Å². The molecule has 0 unspecified atom stereocenters. The van der Waals surface area contributed by atoms with E-state index in [0.29, 0.717) is 12.0 Å². The van der Waals surface area contributed by atoms with E-state index in [9.17, 15) is 4.79 Å². The lowest BCUT2D eigenvalue weighted by Crippen LogP contribution is -2.46. The van der Waals surface area contributed by atoms with E-state index in [1.165, 1.54) is 12.8 Å². The highest BCUT2D eigenvalue weighted by molar-refractivity contribution is 5.80. The number of nitrogens with zero attached hydrogens (tertiary/aromatic N) is 2. The van der Waals surface area contributed by atoms with Crippen molar-refractivity contribution < 1.29 is 9.53 Å². The molecule has 0 atom stereocenters. The molecule has 0 amide bonds. The molecule has 0 saturated carbocycles. The molecule has 1 N–H and O–H groups in total. The minimum absolute atomic E-state index is 0.0442. The fourth-order valence-corrected chi connectivity index (χ4v) is 2.90. The smallest absolute Gasteiger partial charge is 0.309 e. The number of likely N-dealkylation sites (tertiary alicyclic amines) is 1. The van der Waals surface area contributed by atoms with Crippen molar-refractivity contribution in [2.45, 2.75) is 59.8 Å². The molecule has 134 valence electrons. The van der Waals surface area contributed by atoms with Gasteiger partial charge in [-0.2, -0.15) is 0 Å². The largest absolute Gasteiger partial charge is 0.466 e. The van der Waals surface area contributed by atoms with Gasteiger partial charge in [0.1, 0.15) is 0 Å². The van der Waals surface area contributed by atoms with Gasteiger partial charge in [-0.05, 0) is 38.0 Å². The standard InChI is InChI=1S/C18H35N3O2/c1-6-23-16(22)15-9-13-21(14-10-15)17(19-5)20-12-8-7-11-18(2,3)4/h15H,6-14H2,1-5H3,(H,19,20). The van der Waals surface area contributed by atoms with Gasteiger partial charge in [-0.1, -0.05) is 27.2 Å². The van der Waals surface area contributed by atoms with Crippen LogP contribution in [0.15, 0.2) is 4.99 Å². The topological polar surface area (TPSA) is 53.9 Å². The SMILES string of the molecule is CCOC(=O)C1CCN(C(=NC)NCCCCC(C)(C)C)CC1. The predicted octanol–water partition coefficient (Wildman–Crippen LogP) is 3.05. The van der Waals surface area contributed by atoms with Crippen LogP contribution < -0.4 is 5.32 Å². The zero-order valence-electron chi connectivity index (χ0n) is 15.7. The van der Waals surface area contributed by atoms with Crippen LogP contribution in [0.1, 0.15) is 59.8 Å². The molecule has 5 heteroatoms. The number of piperidine rings is 1. The number of unbranched alkanes of at least 4 members (excludes halogenated alkanes) is 1. The highest BCUT2D eigenvalue weighted by Crippen LogP contribution is 2.21. The fourth-order valence-electron chi connectivity index (χ4n) is 2.90. The van der Waals surface area contributed by atoms with E-state index < -0.39 is 0 Å². The molecule has 1 aliphatic heterocycles. The second-order valence-corrected chi connectivity index (χ2v) is 7.51. The van der Waals surface area contributed by atoms with Gasteiger partial charge in [-0.25, -0.2) is 0 Å². The minimum atomic E-state index is -0.0442. The minimum Gasteiger partial charge on any atom is -0.466 e. The predicted molar refractivity (Wildman–Crippen MR) is 95.6 cm³/mol. The van der Waals surface area contributed by atoms with E-state index >= 15 is 0 Å². The quantitative estimate of drug-likeness (QED) is 0.353. The Kier molecular flexibility index (Phi) is 8.42. The number of esters is 1. The molecule has 1 fully saturated rings. The third kappa shape index (κ3) is 7.71. The van der Waals surface area contributed by atoms with E-state index in [4.69, 9.17) is 4.74 Å². The van der Waals surface area contributed by atoms with Crippen molar-refractivity contribution in [1.82, 2.24) is 10.2 Å². The highest BCUT2D eigenvalue weighted by atomic mass is 16.5. The van der Waals surface area contributed by atoms with Gasteiger partial charge >= 0.3 is 5.97 Å². The Hall–Kier alpha value is -1.26. The van der Waals surface area contributed by atoms with Gasteiger partial charge in [-0.15, -0.1) is 0 Å². The molecule has 0 aliphatic carbocycles. The van der Waals surface area contributed by atoms with Gasteiger partial charge in [0.05, 0.1) is 12.5 Å². The molecule has 0 radical (unpaired) electrons. The number of hydrogen-bond donors (Lipinski definition) is 1. The van der Waals surface area contributed by atoms with Crippen LogP contribution in [0.25, 0.3) is 0 Å². The van der Waals surface area contributed by atoms with Crippen molar-refractivity contribution in [2.75, 3.05) is 33.3 Å². The summed E-state index contributed by atoms with van der Waals surface area (Å²) < 4.78 is 5.12. The Labute approximate surface area is 141 Å². The summed E-state index contributed by atoms with van der Waals surface area (Å²) >= 11 is 0. The van der Waals surface area contributed by atoms with Gasteiger partial charge in [0.25, 0.3) is 0 Å². The monoisotopic (exact) mass is 325 g/mol. The third-order valence-electron chi connectivity index (χ3n) is 4.26. The zero-order valence-corrected chi connectivity index (χ0v) is 15.7. The molecule has 1 aliphatic rings. The fraction of sp³-hybridized carbons (Fsp3) is 0.889. The Morgan fingerprint density at radius 1 is 1.26 bits per heavy atom. The van der Waals surface area contributed by atoms with Crippen LogP contribution in [0.4, 0.5) is 0 Å². The molecule has 1 heterocycles. The number of hydrogen-bond acceptors (Lipinski definition) is 3. The maximum absolute atomic E-state index is 11.8. The first-order valence-electron chi connectivity index (χ1n) is 8.99. The normalized spacial score (nSPS) is 17.3. The third-order valence-corrected chi connectivity index (χ3v) is 4.26. The van der Waals surface area contributed by atoms with Gasteiger partial charge in [0.15, 0.2) is 5.96 Å². The van der Waals surface area contributed by atoms with Crippen LogP contribution in [-0.2, 0) is 9.53 Å². The number of carbonyl (C=O) groups excluding carboxylic acids is 1. The van der Waals surface area contributed by atoms with Crippen LogP contribution in [0.2, 0.25) is 0 Å². The van der Waals surface area contributed by atoms with Crippen molar-refractivity contribution in [1.29, 1.82) is 0 Å². The molecule has 1 rings (SSSR count). The first kappa shape index (κ1) is 19.8. The van der Waals surface area contributed by atoms with Crippen molar-refractivity contribution in [3.8, 4) is 0 Å². The molecule has 0 aromatic heterocycles. The summed E-state index contributed by atoms with van der Waals surface area (Å²) in [5.74, 6) is 0.969. The van der Waals surface area contributed by atoms with Crippen LogP contribution in [0.3, 0.4) is 0 Å². The first-order chi connectivity index (χ1) is 10.9. The Balaban J connectivity index is 2.27. The van der Waals surface area contributed by atoms with Crippen molar-refractivity contribution in [3.05, 3.63) is 0 Å². The summed E-state index contributed by atoms with van der Waals surface area (Å²) in [6.07, 6.45) is 5.35. The second-order valence-electron chi connectivity index (χ2n) is 7.51. The molecule has 0 aromatic carbocycles. The number of ether oxygens (including phenoxy) is 1. The van der Waals surface area contributed by atoms with Gasteiger partial charge in [0, 0.05) is 26.7 Å². The Morgan fingerprint density at radius 2 is 1.91 bits per heavy atom. The number of aliphatic imine (C=N–C) groups is 1. The lowest BCUT2D eigenvalue weighted by molar-refractivity contribution is -0.149. The summed E-state index contributed by atoms with van der Waals surface area (Å²) in [5, 5.41) is 3.45. The summed E-state index contributed by atoms with van der Waals surface area (Å²) in [6.45, 7) is 11.9. The highest BCUT2D eigenvalue weighted by Gasteiger charge is 2.27. The molecule has 23 heavy (non-hydrogen) atoms. The maximum Gasteiger partial charge on any atom is 0.309 e. The number of rotatable bonds is 6. The zero-order chi connectivity index (χ0) is 17.3. The van der Waals surface area contributed by atoms with Crippen LogP contribution in [0.5, 0.6) is 0 Å². The van der Waals surface area contributed by atoms with Crippen LogP contribution in [-0.4, -0.2) is 50.1 Å². The maximum atomic E-state index is 11.8. The van der Waals surface area contributed by atoms with E-state index in [-0.39, 0.29) is 11.9 Å². The van der Waals surface area contributed by atoms with E-state index in [1.54, 1.807) is 0 Å². The molecular weight excluding hydrogens is 290 g/mol. The lowest BCUT2D eigenvalue weighted by Gasteiger charge is -2.33. The summed E-state index contributed by atoms with van der Waals surface area (Å²) in [6, 6.07) is 0. The van der Waals surface area contributed by atoms with E-state index in [0.717, 1.165) is 44.9 Å². The average molecular weight is 325 g/mol. The van der Waals surface area contributed by atoms with Crippen molar-refractivity contribution in [2.24, 2.45) is 16.3 Å². The lowest BCUT2D eigenvalue weighted by atomic mass is 9.90. The van der Waals surface area contributed by atoms with Crippen molar-refractivity contribution in [3.63, 3.8) is 0 Å². The second kappa shape index (κ2) is 9.78. The molecule has 5 nitrogen and oxygen atoms in total. The average Bonchev–Trinajstić information content (AvgIpc) is 2.50. The number of guanidine groups is 1. The summed E-state index contributed by atoms with van der Waals surface area (Å²) in [5.41, 5.74) is 0.413. The Morgan fingerprint density at radius 3 is 2.43 bits per heavy atom.